The van der Waals surface area contributed by atoms with E-state index in [9.17, 15) is 5.11 Å². The van der Waals surface area contributed by atoms with Gasteiger partial charge in [-0.25, -0.2) is 0 Å². The second-order valence-corrected chi connectivity index (χ2v) is 4.96. The molecule has 0 fully saturated rings. The van der Waals surface area contributed by atoms with Gasteiger partial charge in [-0.15, -0.1) is 12.4 Å². The van der Waals surface area contributed by atoms with Crippen LogP contribution in [0.5, 0.6) is 0 Å². The Bertz CT molecular complexity index is 338. The van der Waals surface area contributed by atoms with Crippen LogP contribution in [0.1, 0.15) is 25.5 Å². The summed E-state index contributed by atoms with van der Waals surface area (Å²) in [5.41, 5.74) is 6.18. The number of aliphatic hydroxyl groups is 1. The van der Waals surface area contributed by atoms with Gasteiger partial charge in [0.15, 0.2) is 0 Å². The fourth-order valence-electron chi connectivity index (χ4n) is 1.21. The molecule has 0 radical (unpaired) electrons. The summed E-state index contributed by atoms with van der Waals surface area (Å²) in [5, 5.41) is 10.1. The summed E-state index contributed by atoms with van der Waals surface area (Å²) < 4.78 is 0. The number of nitrogens with two attached hydrogens (primary N) is 1. The highest BCUT2D eigenvalue weighted by Gasteiger charge is 2.30. The van der Waals surface area contributed by atoms with Crippen molar-refractivity contribution in [2.75, 3.05) is 6.61 Å². The van der Waals surface area contributed by atoms with Gasteiger partial charge in [-0.3, -0.25) is 4.98 Å². The third-order valence-electron chi connectivity index (χ3n) is 2.45. The van der Waals surface area contributed by atoms with Crippen LogP contribution in [0.15, 0.2) is 12.4 Å². The lowest BCUT2D eigenvalue weighted by atomic mass is 9.82. The number of nitrogens with zero attached hydrogens (tertiary/aromatic N) is 1. The summed E-state index contributed by atoms with van der Waals surface area (Å²) >= 11 is 12.0. The van der Waals surface area contributed by atoms with Crippen LogP contribution < -0.4 is 5.73 Å². The van der Waals surface area contributed by atoms with Crippen LogP contribution in [-0.4, -0.2) is 16.7 Å². The molecule has 92 valence electrons. The Kier molecular flexibility index (Phi) is 6.01. The predicted molar refractivity (Wildman–Crippen MR) is 69.3 cm³/mol. The molecule has 0 bridgehead atoms. The van der Waals surface area contributed by atoms with E-state index in [0.29, 0.717) is 15.6 Å². The zero-order chi connectivity index (χ0) is 11.6. The van der Waals surface area contributed by atoms with Gasteiger partial charge in [0.2, 0.25) is 0 Å². The quantitative estimate of drug-likeness (QED) is 0.898. The maximum absolute atomic E-state index is 9.23. The normalized spacial score (nSPS) is 13.1. The first-order valence-electron chi connectivity index (χ1n) is 4.55. The van der Waals surface area contributed by atoms with Gasteiger partial charge in [0.25, 0.3) is 0 Å². The average molecular weight is 286 g/mol. The van der Waals surface area contributed by atoms with Gasteiger partial charge in [-0.05, 0) is 0 Å². The van der Waals surface area contributed by atoms with Crippen molar-refractivity contribution in [1.29, 1.82) is 0 Å². The largest absolute Gasteiger partial charge is 0.396 e. The van der Waals surface area contributed by atoms with E-state index >= 15 is 0 Å². The van der Waals surface area contributed by atoms with Crippen LogP contribution in [0.4, 0.5) is 0 Å². The van der Waals surface area contributed by atoms with Crippen LogP contribution in [0, 0.1) is 5.41 Å². The van der Waals surface area contributed by atoms with Crippen LogP contribution >= 0.6 is 35.6 Å². The summed E-state index contributed by atoms with van der Waals surface area (Å²) in [4.78, 5) is 3.85. The molecule has 0 saturated heterocycles. The van der Waals surface area contributed by atoms with E-state index in [-0.39, 0.29) is 19.0 Å². The lowest BCUT2D eigenvalue weighted by Crippen LogP contribution is -2.32. The highest BCUT2D eigenvalue weighted by Crippen LogP contribution is 2.37. The molecule has 0 aliphatic rings. The molecular formula is C10H15Cl3N2O. The Morgan fingerprint density at radius 1 is 1.38 bits per heavy atom. The first kappa shape index (κ1) is 15.9. The number of aliphatic hydroxyl groups excluding tert-OH is 1. The predicted octanol–water partition coefficient (Wildman–Crippen LogP) is 2.83. The van der Waals surface area contributed by atoms with Gasteiger partial charge in [0.05, 0.1) is 10.0 Å². The van der Waals surface area contributed by atoms with Gasteiger partial charge in [0.1, 0.15) is 0 Å². The van der Waals surface area contributed by atoms with Gasteiger partial charge < -0.3 is 10.8 Å². The minimum Gasteiger partial charge on any atom is -0.396 e. The van der Waals surface area contributed by atoms with E-state index in [0.717, 1.165) is 0 Å². The Morgan fingerprint density at radius 2 is 1.81 bits per heavy atom. The first-order chi connectivity index (χ1) is 6.90. The average Bonchev–Trinajstić information content (AvgIpc) is 2.17. The molecule has 3 N–H and O–H groups in total. The van der Waals surface area contributed by atoms with Crippen LogP contribution in [0.3, 0.4) is 0 Å². The molecule has 0 unspecified atom stereocenters. The standard InChI is InChI=1S/C10H14Cl2N2O.ClH/c1-10(2,5-15)9(13)8-6(11)3-14-4-7(8)12;/h3-4,9,15H,5,13H2,1-2H3;1H/t9-;/m1./s1. The molecule has 0 saturated carbocycles. The SMILES string of the molecule is CC(C)(CO)[C@H](N)c1c(Cl)cncc1Cl.Cl. The van der Waals surface area contributed by atoms with Crippen molar-refractivity contribution in [3.8, 4) is 0 Å². The van der Waals surface area contributed by atoms with E-state index in [1.54, 1.807) is 0 Å². The molecule has 16 heavy (non-hydrogen) atoms. The van der Waals surface area contributed by atoms with Crippen molar-refractivity contribution in [2.45, 2.75) is 19.9 Å². The highest BCUT2D eigenvalue weighted by atomic mass is 35.5. The molecule has 0 aromatic carbocycles. The Hall–Kier alpha value is -0.0600. The molecule has 0 aliphatic carbocycles. The molecule has 0 amide bonds. The number of rotatable bonds is 3. The summed E-state index contributed by atoms with van der Waals surface area (Å²) in [6, 6.07) is -0.425. The molecule has 3 nitrogen and oxygen atoms in total. The number of halogens is 3. The lowest BCUT2D eigenvalue weighted by molar-refractivity contribution is 0.132. The van der Waals surface area contributed by atoms with E-state index in [2.05, 4.69) is 4.98 Å². The van der Waals surface area contributed by atoms with Crippen LogP contribution in [0.2, 0.25) is 10.0 Å². The number of aromatic nitrogens is 1. The van der Waals surface area contributed by atoms with Gasteiger partial charge in [0, 0.05) is 36.0 Å². The van der Waals surface area contributed by atoms with Gasteiger partial charge >= 0.3 is 0 Å². The zero-order valence-corrected chi connectivity index (χ0v) is 11.4. The van der Waals surface area contributed by atoms with Crippen molar-refractivity contribution < 1.29 is 5.11 Å². The maximum atomic E-state index is 9.23. The van der Waals surface area contributed by atoms with Gasteiger partial charge in [-0.2, -0.15) is 0 Å². The second-order valence-electron chi connectivity index (χ2n) is 4.14. The molecule has 1 rings (SSSR count). The maximum Gasteiger partial charge on any atom is 0.0652 e. The van der Waals surface area contributed by atoms with Crippen molar-refractivity contribution in [2.24, 2.45) is 11.1 Å². The van der Waals surface area contributed by atoms with Crippen molar-refractivity contribution in [3.63, 3.8) is 0 Å². The molecule has 1 atom stereocenters. The van der Waals surface area contributed by atoms with Crippen LogP contribution in [-0.2, 0) is 0 Å². The summed E-state index contributed by atoms with van der Waals surface area (Å²) in [5.74, 6) is 0. The smallest absolute Gasteiger partial charge is 0.0652 e. The topological polar surface area (TPSA) is 59.1 Å². The Balaban J connectivity index is 0.00000225. The lowest BCUT2D eigenvalue weighted by Gasteiger charge is -2.30. The molecule has 1 heterocycles. The van der Waals surface area contributed by atoms with Crippen molar-refractivity contribution >= 4 is 35.6 Å². The van der Waals surface area contributed by atoms with E-state index in [1.165, 1.54) is 12.4 Å². The first-order valence-corrected chi connectivity index (χ1v) is 5.31. The van der Waals surface area contributed by atoms with Crippen molar-refractivity contribution in [3.05, 3.63) is 28.0 Å². The molecule has 1 aromatic heterocycles. The monoisotopic (exact) mass is 284 g/mol. The summed E-state index contributed by atoms with van der Waals surface area (Å²) in [7, 11) is 0. The molecule has 6 heteroatoms. The summed E-state index contributed by atoms with van der Waals surface area (Å²) in [6.07, 6.45) is 2.99. The minimum absolute atomic E-state index is 0. The fraction of sp³-hybridized carbons (Fsp3) is 0.500. The zero-order valence-electron chi connectivity index (χ0n) is 9.08. The fourth-order valence-corrected chi connectivity index (χ4v) is 1.81. The number of pyridine rings is 1. The Labute approximate surface area is 111 Å². The number of hydrogen-bond donors (Lipinski definition) is 2. The molecular weight excluding hydrogens is 270 g/mol. The Morgan fingerprint density at radius 3 is 2.19 bits per heavy atom. The third-order valence-corrected chi connectivity index (χ3v) is 3.05. The minimum atomic E-state index is -0.478. The second kappa shape index (κ2) is 6.03. The van der Waals surface area contributed by atoms with E-state index < -0.39 is 11.5 Å². The highest BCUT2D eigenvalue weighted by molar-refractivity contribution is 6.35. The van der Waals surface area contributed by atoms with E-state index in [1.807, 2.05) is 13.8 Å². The summed E-state index contributed by atoms with van der Waals surface area (Å²) in [6.45, 7) is 3.67. The van der Waals surface area contributed by atoms with Crippen LogP contribution in [0.25, 0.3) is 0 Å². The molecule has 1 aromatic rings. The van der Waals surface area contributed by atoms with E-state index in [4.69, 9.17) is 28.9 Å². The third kappa shape index (κ3) is 3.22. The van der Waals surface area contributed by atoms with Crippen molar-refractivity contribution in [1.82, 2.24) is 4.98 Å². The molecule has 0 spiro atoms. The number of hydrogen-bond acceptors (Lipinski definition) is 3. The molecule has 0 aliphatic heterocycles. The van der Waals surface area contributed by atoms with Gasteiger partial charge in [-0.1, -0.05) is 37.0 Å².